The first-order valence-corrected chi connectivity index (χ1v) is 9.93. The predicted molar refractivity (Wildman–Crippen MR) is 137 cm³/mol. The zero-order valence-corrected chi connectivity index (χ0v) is 18.2. The van der Waals surface area contributed by atoms with Gasteiger partial charge in [0.1, 0.15) is 0 Å². The molecule has 3 N–H and O–H groups in total. The summed E-state index contributed by atoms with van der Waals surface area (Å²) in [6, 6.07) is 0. The Morgan fingerprint density at radius 1 is 0.704 bits per heavy atom. The van der Waals surface area contributed by atoms with Crippen LogP contribution < -0.4 is 0 Å². The van der Waals surface area contributed by atoms with Crippen molar-refractivity contribution in [3.8, 4) is 12.8 Å². The fourth-order valence-electron chi connectivity index (χ4n) is 0.706. The fourth-order valence-corrected chi connectivity index (χ4v) is 0.895. The Labute approximate surface area is 190 Å². The van der Waals surface area contributed by atoms with E-state index >= 15 is 0 Å². The highest BCUT2D eigenvalue weighted by Crippen LogP contribution is 1.93. The van der Waals surface area contributed by atoms with Crippen LogP contribution in [0, 0.1) is 12.8 Å². The second kappa shape index (κ2) is 111. The van der Waals surface area contributed by atoms with E-state index in [0.717, 1.165) is 24.1 Å². The molecule has 0 saturated heterocycles. The van der Waals surface area contributed by atoms with Crippen molar-refractivity contribution in [2.75, 3.05) is 31.0 Å². The molecule has 0 unspecified atom stereocenters. The molecule has 0 aromatic heterocycles. The maximum atomic E-state index is 8.20. The maximum Gasteiger partial charge on any atom is 0.0662 e. The number of terminal acetylenes is 1. The summed E-state index contributed by atoms with van der Waals surface area (Å²) in [7, 11) is 8.00. The molecule has 0 amide bonds. The Morgan fingerprint density at radius 3 is 1.07 bits per heavy atom. The Balaban J connectivity index is -0.0000000210. The lowest BCUT2D eigenvalue weighted by Gasteiger charge is -1.85. The summed E-state index contributed by atoms with van der Waals surface area (Å²) >= 11 is 8.63. The summed E-state index contributed by atoms with van der Waals surface area (Å²) in [5.41, 5.74) is 0. The quantitative estimate of drug-likeness (QED) is 0.182. The minimum atomic E-state index is -0.125. The molecule has 0 fully saturated rings. The minimum absolute atomic E-state index is 0. The van der Waals surface area contributed by atoms with E-state index in [1.165, 1.54) is 32.1 Å². The van der Waals surface area contributed by atoms with Crippen molar-refractivity contribution < 1.29 is 15.3 Å². The third-order valence-corrected chi connectivity index (χ3v) is 2.85. The van der Waals surface area contributed by atoms with Crippen LogP contribution in [0.3, 0.4) is 0 Å². The highest BCUT2D eigenvalue weighted by atomic mass is 79.9. The van der Waals surface area contributed by atoms with Gasteiger partial charge >= 0.3 is 0 Å². The van der Waals surface area contributed by atoms with Crippen molar-refractivity contribution in [1.82, 2.24) is 0 Å². The van der Waals surface area contributed by atoms with Gasteiger partial charge in [0.2, 0.25) is 0 Å². The molecule has 0 heterocycles. The lowest BCUT2D eigenvalue weighted by molar-refractivity contribution is 0.186. The zero-order valence-electron chi connectivity index (χ0n) is 15.9. The molecule has 0 aliphatic rings. The summed E-state index contributed by atoms with van der Waals surface area (Å²) in [5, 5.41) is 24.6. The number of aliphatic hydroxyl groups is 3. The van der Waals surface area contributed by atoms with E-state index < -0.39 is 0 Å². The van der Waals surface area contributed by atoms with E-state index in [9.17, 15) is 0 Å². The molecule has 0 atom stereocenters. The molecule has 3 nitrogen and oxygen atoms in total. The van der Waals surface area contributed by atoms with E-state index in [1.807, 2.05) is 0 Å². The van der Waals surface area contributed by atoms with Crippen LogP contribution in [0.1, 0.15) is 88.0 Å². The first-order valence-electron chi connectivity index (χ1n) is 8.27. The number of unbranched alkanes of at least 4 members (excludes halogenated alkanes) is 4. The van der Waals surface area contributed by atoms with Crippen LogP contribution in [-0.2, 0) is 0 Å². The lowest BCUT2D eigenvalue weighted by atomic mass is 9.81. The van der Waals surface area contributed by atoms with Crippen molar-refractivity contribution in [2.24, 2.45) is 0 Å². The van der Waals surface area contributed by atoms with Gasteiger partial charge in [0.05, 0.1) is 13.2 Å². The number of hydrogen-bond donors (Lipinski definition) is 3. The summed E-state index contributed by atoms with van der Waals surface area (Å²) in [5.74, 6) is 0.827. The molecule has 0 rings (SSSR count). The molecule has 168 valence electrons. The van der Waals surface area contributed by atoms with Crippen LogP contribution in [0.5, 0.6) is 0 Å². The van der Waals surface area contributed by atoms with Crippen molar-refractivity contribution >= 4 is 43.0 Å². The summed E-state index contributed by atoms with van der Waals surface area (Å²) < 4.78 is 0. The molecule has 27 heavy (non-hydrogen) atoms. The van der Waals surface area contributed by atoms with Gasteiger partial charge in [0.25, 0.3) is 0 Å². The van der Waals surface area contributed by atoms with Crippen LogP contribution in [0.15, 0.2) is 0 Å². The highest BCUT2D eigenvalue weighted by molar-refractivity contribution is 9.09. The average Bonchev–Trinajstić information content (AvgIpc) is 2.68. The number of halogens is 2. The van der Waals surface area contributed by atoms with Crippen LogP contribution in [0.25, 0.3) is 0 Å². The Hall–Kier alpha value is 0.340. The molecular weight excluding hydrogens is 425 g/mol. The van der Waals surface area contributed by atoms with Crippen molar-refractivity contribution in [3.05, 3.63) is 0 Å². The van der Waals surface area contributed by atoms with Crippen molar-refractivity contribution in [3.63, 3.8) is 0 Å². The lowest BCUT2D eigenvalue weighted by Crippen LogP contribution is -1.85. The Kier molecular flexibility index (Phi) is 232. The minimum Gasteiger partial charge on any atom is -0.396 e. The average molecular weight is 476 g/mol. The normalized spacial score (nSPS) is 6.44. The Bertz CT molecular complexity index is 124. The van der Waals surface area contributed by atoms with E-state index in [2.05, 4.69) is 65.0 Å². The molecule has 0 spiro atoms. The van der Waals surface area contributed by atoms with Crippen molar-refractivity contribution in [2.45, 2.75) is 88.0 Å². The molecule has 0 bridgehead atoms. The molecule has 7 heteroatoms. The van der Waals surface area contributed by atoms with Gasteiger partial charge in [0, 0.05) is 33.3 Å². The van der Waals surface area contributed by atoms with Gasteiger partial charge in [-0.05, 0) is 19.3 Å². The molecular formula is C20H50B2BrClO3. The standard InChI is InChI=1S/C5H11Cl.C5H12O.C3H7Br.C2H6O2.C2H2.3CH4.B2/c2*1-2-3-4-5-6;1-2-3-4;3-1-2-4;1-2;;;;1-2/h2-5H2,1H3;6H,2-5H2,1H3;2-3H2,1H3;3-4H,1-2H2;1-2H;3*1H4;. The molecule has 0 saturated carbocycles. The van der Waals surface area contributed by atoms with Crippen LogP contribution in [0.4, 0.5) is 0 Å². The fraction of sp³-hybridized carbons (Fsp3) is 0.900. The third-order valence-electron chi connectivity index (χ3n) is 1.79. The number of rotatable bonds is 8. The van der Waals surface area contributed by atoms with Gasteiger partial charge in [-0.1, -0.05) is 84.7 Å². The third kappa shape index (κ3) is 224. The molecule has 0 aliphatic carbocycles. The van der Waals surface area contributed by atoms with E-state index in [-0.39, 0.29) is 35.5 Å². The van der Waals surface area contributed by atoms with E-state index in [1.54, 1.807) is 0 Å². The van der Waals surface area contributed by atoms with Gasteiger partial charge in [0.15, 0.2) is 0 Å². The molecule has 0 aliphatic heterocycles. The summed E-state index contributed by atoms with van der Waals surface area (Å²) in [6.07, 6.45) is 16.3. The van der Waals surface area contributed by atoms with Gasteiger partial charge in [-0.15, -0.1) is 24.4 Å². The smallest absolute Gasteiger partial charge is 0.0662 e. The molecule has 4 radical (unpaired) electrons. The van der Waals surface area contributed by atoms with Gasteiger partial charge in [-0.2, -0.15) is 0 Å². The summed E-state index contributed by atoms with van der Waals surface area (Å²) in [6.45, 7) is 6.53. The van der Waals surface area contributed by atoms with Gasteiger partial charge < -0.3 is 15.3 Å². The summed E-state index contributed by atoms with van der Waals surface area (Å²) in [4.78, 5) is 0. The Morgan fingerprint density at radius 2 is 1.00 bits per heavy atom. The topological polar surface area (TPSA) is 60.7 Å². The van der Waals surface area contributed by atoms with E-state index in [0.29, 0.717) is 6.61 Å². The van der Waals surface area contributed by atoms with Crippen molar-refractivity contribution in [1.29, 1.82) is 0 Å². The van der Waals surface area contributed by atoms with Gasteiger partial charge in [-0.3, -0.25) is 0 Å². The maximum absolute atomic E-state index is 8.20. The number of hydrogen-bond acceptors (Lipinski definition) is 3. The number of alkyl halides is 2. The predicted octanol–water partition coefficient (Wildman–Crippen LogP) is 5.74. The second-order valence-corrected chi connectivity index (χ2v) is 5.13. The molecule has 0 aromatic carbocycles. The van der Waals surface area contributed by atoms with Crippen LogP contribution in [0.2, 0.25) is 0 Å². The van der Waals surface area contributed by atoms with Crippen LogP contribution in [-0.4, -0.2) is 61.8 Å². The van der Waals surface area contributed by atoms with E-state index in [4.69, 9.17) is 26.9 Å². The van der Waals surface area contributed by atoms with Crippen LogP contribution >= 0.6 is 27.5 Å². The van der Waals surface area contributed by atoms with Gasteiger partial charge in [-0.25, -0.2) is 0 Å². The SMILES string of the molecule is C.C.C.C#C.CCCBr.CCCCCCl.CCCCCO.OCCO.[B][B]. The number of aliphatic hydroxyl groups excluding tert-OH is 3. The highest BCUT2D eigenvalue weighted by Gasteiger charge is 1.77. The second-order valence-electron chi connectivity index (χ2n) is 3.96. The first-order chi connectivity index (χ1) is 11.7. The first kappa shape index (κ1) is 56.4. The molecule has 0 aromatic rings. The zero-order chi connectivity index (χ0) is 20.5. The monoisotopic (exact) mass is 474 g/mol. The largest absolute Gasteiger partial charge is 0.396 e.